The lowest BCUT2D eigenvalue weighted by Crippen LogP contribution is -2.51. The summed E-state index contributed by atoms with van der Waals surface area (Å²) < 4.78 is 6.98. The zero-order valence-electron chi connectivity index (χ0n) is 23.6. The molecular formula is C30H29N9O4. The first-order chi connectivity index (χ1) is 20.9. The highest BCUT2D eigenvalue weighted by atomic mass is 16.5. The lowest BCUT2D eigenvalue weighted by atomic mass is 10.1. The van der Waals surface area contributed by atoms with Gasteiger partial charge in [-0.1, -0.05) is 30.3 Å². The summed E-state index contributed by atoms with van der Waals surface area (Å²) in [6.45, 7) is 3.55. The number of aromatic nitrogens is 6. The highest BCUT2D eigenvalue weighted by Crippen LogP contribution is 2.32. The molecule has 0 saturated carbocycles. The molecule has 1 saturated heterocycles. The van der Waals surface area contributed by atoms with E-state index in [-0.39, 0.29) is 24.6 Å². The molecule has 2 N–H and O–H groups in total. The topological polar surface area (TPSA) is 151 Å². The van der Waals surface area contributed by atoms with Gasteiger partial charge in [-0.3, -0.25) is 14.4 Å². The number of H-pyrrole nitrogens is 1. The molecule has 5 heterocycles. The van der Waals surface area contributed by atoms with Gasteiger partial charge in [-0.2, -0.15) is 5.10 Å². The van der Waals surface area contributed by atoms with E-state index < -0.39 is 11.7 Å². The van der Waals surface area contributed by atoms with E-state index in [2.05, 4.69) is 30.4 Å². The number of hydrogen-bond acceptors (Lipinski definition) is 9. The zero-order valence-corrected chi connectivity index (χ0v) is 23.6. The molecule has 13 nitrogen and oxygen atoms in total. The Morgan fingerprint density at radius 1 is 0.953 bits per heavy atom. The van der Waals surface area contributed by atoms with Crippen molar-refractivity contribution in [2.75, 3.05) is 38.2 Å². The molecule has 1 fully saturated rings. The number of pyridine rings is 2. The molecule has 0 unspecified atom stereocenters. The number of aryl methyl sites for hydroxylation is 1. The third-order valence-corrected chi connectivity index (χ3v) is 7.33. The molecule has 218 valence electrons. The number of nitrogens with zero attached hydrogens (tertiary/aromatic N) is 7. The quantitative estimate of drug-likeness (QED) is 0.208. The first-order valence-corrected chi connectivity index (χ1v) is 13.7. The number of benzene rings is 1. The van der Waals surface area contributed by atoms with Gasteiger partial charge in [-0.15, -0.1) is 0 Å². The van der Waals surface area contributed by atoms with Crippen LogP contribution in [-0.2, 0) is 11.3 Å². The molecule has 13 heteroatoms. The minimum atomic E-state index is -0.663. The maximum absolute atomic E-state index is 13.5. The van der Waals surface area contributed by atoms with Crippen LogP contribution in [0.2, 0.25) is 0 Å². The number of carbonyl (C=O) groups is 3. The van der Waals surface area contributed by atoms with Crippen LogP contribution in [0.3, 0.4) is 0 Å². The van der Waals surface area contributed by atoms with Gasteiger partial charge in [0.2, 0.25) is 0 Å². The minimum absolute atomic E-state index is 0.182. The number of ether oxygens (including phenoxy) is 1. The zero-order chi connectivity index (χ0) is 29.9. The largest absolute Gasteiger partial charge is 0.494 e. The minimum Gasteiger partial charge on any atom is -0.494 e. The predicted octanol–water partition coefficient (Wildman–Crippen LogP) is 2.32. The van der Waals surface area contributed by atoms with E-state index in [1.54, 1.807) is 25.3 Å². The van der Waals surface area contributed by atoms with Crippen molar-refractivity contribution < 1.29 is 19.1 Å². The molecule has 1 aliphatic heterocycles. The number of carbonyl (C=O) groups excluding carboxylic acids is 3. The molecule has 2 amide bonds. The van der Waals surface area contributed by atoms with Crippen LogP contribution in [0.25, 0.3) is 16.7 Å². The third kappa shape index (κ3) is 5.39. The molecule has 0 atom stereocenters. The lowest BCUT2D eigenvalue weighted by Gasteiger charge is -2.35. The first-order valence-electron chi connectivity index (χ1n) is 13.7. The first kappa shape index (κ1) is 27.6. The molecule has 6 rings (SSSR count). The molecule has 0 radical (unpaired) electrons. The summed E-state index contributed by atoms with van der Waals surface area (Å²) in [6, 6.07) is 13.1. The Kier molecular flexibility index (Phi) is 7.52. The summed E-state index contributed by atoms with van der Waals surface area (Å²) in [4.78, 5) is 59.5. The number of hydrogen-bond donors (Lipinski definition) is 2. The molecule has 0 spiro atoms. The van der Waals surface area contributed by atoms with Crippen LogP contribution < -0.4 is 15.0 Å². The summed E-state index contributed by atoms with van der Waals surface area (Å²) in [5.41, 5.74) is 2.12. The fraction of sp³-hybridized carbons (Fsp3) is 0.233. The molecule has 5 aromatic rings. The number of amides is 2. The molecule has 1 aromatic carbocycles. The average molecular weight is 580 g/mol. The number of Topliss-reactive ketones (excluding diaryl/α,β-unsaturated/α-hetero) is 1. The Labute approximate surface area is 246 Å². The molecular weight excluding hydrogens is 550 g/mol. The van der Waals surface area contributed by atoms with E-state index in [0.717, 1.165) is 5.56 Å². The van der Waals surface area contributed by atoms with Crippen molar-refractivity contribution in [1.29, 1.82) is 0 Å². The van der Waals surface area contributed by atoms with Crippen LogP contribution in [0.4, 0.5) is 5.82 Å². The van der Waals surface area contributed by atoms with Crippen molar-refractivity contribution in [2.24, 2.45) is 0 Å². The third-order valence-electron chi connectivity index (χ3n) is 7.33. The molecule has 4 aromatic heterocycles. The van der Waals surface area contributed by atoms with E-state index in [1.165, 1.54) is 35.4 Å². The molecule has 0 bridgehead atoms. The maximum Gasteiger partial charge on any atom is 0.295 e. The van der Waals surface area contributed by atoms with Gasteiger partial charge in [0.05, 0.1) is 35.3 Å². The van der Waals surface area contributed by atoms with Gasteiger partial charge in [0.25, 0.3) is 17.6 Å². The van der Waals surface area contributed by atoms with Crippen molar-refractivity contribution in [3.05, 3.63) is 89.9 Å². The van der Waals surface area contributed by atoms with Gasteiger partial charge in [0.15, 0.2) is 5.82 Å². The van der Waals surface area contributed by atoms with Gasteiger partial charge >= 0.3 is 0 Å². The number of fused-ring (bicyclic) bond motifs is 1. The van der Waals surface area contributed by atoms with Crippen LogP contribution in [0.5, 0.6) is 5.75 Å². The molecule has 0 aliphatic carbocycles. The van der Waals surface area contributed by atoms with E-state index >= 15 is 0 Å². The second-order valence-corrected chi connectivity index (χ2v) is 9.99. The summed E-state index contributed by atoms with van der Waals surface area (Å²) >= 11 is 0. The second-order valence-electron chi connectivity index (χ2n) is 9.99. The fourth-order valence-corrected chi connectivity index (χ4v) is 5.14. The fourth-order valence-electron chi connectivity index (χ4n) is 5.14. The van der Waals surface area contributed by atoms with Crippen molar-refractivity contribution in [3.63, 3.8) is 0 Å². The average Bonchev–Trinajstić information content (AvgIpc) is 3.70. The summed E-state index contributed by atoms with van der Waals surface area (Å²) in [7, 11) is 1.48. The second kappa shape index (κ2) is 11.7. The van der Waals surface area contributed by atoms with E-state index in [9.17, 15) is 14.4 Å². The van der Waals surface area contributed by atoms with Crippen LogP contribution in [-0.4, -0.2) is 85.5 Å². The van der Waals surface area contributed by atoms with Gasteiger partial charge < -0.3 is 24.8 Å². The maximum atomic E-state index is 13.5. The highest BCUT2D eigenvalue weighted by molar-refractivity contribution is 6.45. The standard InChI is InChI=1S/C30H29N9O4/c1-19-35-18-39(36-19)28-25-24(23(43-2)17-33-28)22(16-32-25)26(40)30(42)38-13-11-37(12-14-38)27-21(9-6-10-31-27)29(41)34-15-20-7-4-3-5-8-20/h3-10,16-18,32H,11-15H2,1-2H3,(H,34,41). The SMILES string of the molecule is COc1cnc(-n2cnc(C)n2)c2[nH]cc(C(=O)C(=O)N3CCN(c4ncccc4C(=O)NCc4ccccc4)CC3)c12. The van der Waals surface area contributed by atoms with Gasteiger partial charge in [-0.25, -0.2) is 19.6 Å². The Hall–Kier alpha value is -5.59. The summed E-state index contributed by atoms with van der Waals surface area (Å²) in [5, 5.41) is 7.70. The highest BCUT2D eigenvalue weighted by Gasteiger charge is 2.31. The van der Waals surface area contributed by atoms with Crippen LogP contribution in [0.15, 0.2) is 67.4 Å². The van der Waals surface area contributed by atoms with Crippen LogP contribution in [0, 0.1) is 6.92 Å². The van der Waals surface area contributed by atoms with Crippen LogP contribution in [0.1, 0.15) is 32.1 Å². The van der Waals surface area contributed by atoms with Crippen molar-refractivity contribution in [2.45, 2.75) is 13.5 Å². The van der Waals surface area contributed by atoms with Gasteiger partial charge in [0, 0.05) is 45.1 Å². The Morgan fingerprint density at radius 3 is 2.47 bits per heavy atom. The number of nitrogens with one attached hydrogen (secondary N) is 2. The number of aromatic amines is 1. The monoisotopic (exact) mass is 579 g/mol. The summed E-state index contributed by atoms with van der Waals surface area (Å²) in [5.74, 6) is 0.360. The number of rotatable bonds is 8. The normalized spacial score (nSPS) is 13.3. The summed E-state index contributed by atoms with van der Waals surface area (Å²) in [6.07, 6.45) is 6.14. The van der Waals surface area contributed by atoms with Crippen molar-refractivity contribution in [1.82, 2.24) is 39.9 Å². The predicted molar refractivity (Wildman–Crippen MR) is 157 cm³/mol. The number of methoxy groups -OCH3 is 1. The van der Waals surface area contributed by atoms with E-state index in [4.69, 9.17) is 4.74 Å². The van der Waals surface area contributed by atoms with Crippen molar-refractivity contribution >= 4 is 34.3 Å². The van der Waals surface area contributed by atoms with Gasteiger partial charge in [0.1, 0.15) is 23.7 Å². The number of piperazine rings is 1. The Bertz CT molecular complexity index is 1810. The number of ketones is 1. The van der Waals surface area contributed by atoms with Gasteiger partial charge in [-0.05, 0) is 24.6 Å². The van der Waals surface area contributed by atoms with E-state index in [1.807, 2.05) is 35.2 Å². The van der Waals surface area contributed by atoms with Crippen LogP contribution >= 0.6 is 0 Å². The van der Waals surface area contributed by atoms with E-state index in [0.29, 0.717) is 59.3 Å². The Balaban J connectivity index is 1.16. The lowest BCUT2D eigenvalue weighted by molar-refractivity contribution is -0.126. The Morgan fingerprint density at radius 2 is 1.74 bits per heavy atom. The van der Waals surface area contributed by atoms with Crippen molar-refractivity contribution in [3.8, 4) is 11.6 Å². The molecule has 1 aliphatic rings. The smallest absolute Gasteiger partial charge is 0.295 e. The number of anilines is 1. The molecule has 43 heavy (non-hydrogen) atoms.